The van der Waals surface area contributed by atoms with Gasteiger partial charge in [-0.1, -0.05) is 48.5 Å². The maximum absolute atomic E-state index is 12.7. The molecule has 0 saturated heterocycles. The van der Waals surface area contributed by atoms with Crippen molar-refractivity contribution in [2.75, 3.05) is 0 Å². The van der Waals surface area contributed by atoms with Gasteiger partial charge >= 0.3 is 5.97 Å². The molecule has 3 N–H and O–H groups in total. The summed E-state index contributed by atoms with van der Waals surface area (Å²) in [6, 6.07) is 20.8. The van der Waals surface area contributed by atoms with Crippen molar-refractivity contribution >= 4 is 17.8 Å². The molecular formula is C24H23N3O4. The van der Waals surface area contributed by atoms with Gasteiger partial charge in [-0.2, -0.15) is 0 Å². The number of aromatic nitrogens is 1. The summed E-state index contributed by atoms with van der Waals surface area (Å²) in [5, 5.41) is 14.4. The van der Waals surface area contributed by atoms with Crippen LogP contribution in [0.15, 0.2) is 79.0 Å². The number of hydrogen-bond donors (Lipinski definition) is 3. The highest BCUT2D eigenvalue weighted by Crippen LogP contribution is 2.17. The molecule has 7 nitrogen and oxygen atoms in total. The SMILES string of the molecule is O=C(O)CC[C@H](NC(=O)c1ccc(-c2ccccn2)cc1)C(=O)NCc1ccccc1. The summed E-state index contributed by atoms with van der Waals surface area (Å²) in [6.07, 6.45) is 1.45. The summed E-state index contributed by atoms with van der Waals surface area (Å²) in [5.41, 5.74) is 2.93. The molecule has 0 saturated carbocycles. The highest BCUT2D eigenvalue weighted by Gasteiger charge is 2.22. The first kappa shape index (κ1) is 21.7. The van der Waals surface area contributed by atoms with Crippen LogP contribution in [0.3, 0.4) is 0 Å². The van der Waals surface area contributed by atoms with Crippen molar-refractivity contribution in [1.29, 1.82) is 0 Å². The van der Waals surface area contributed by atoms with E-state index < -0.39 is 23.8 Å². The maximum Gasteiger partial charge on any atom is 0.303 e. The number of nitrogens with zero attached hydrogens (tertiary/aromatic N) is 1. The van der Waals surface area contributed by atoms with Crippen LogP contribution in [0.25, 0.3) is 11.3 Å². The Balaban J connectivity index is 1.65. The van der Waals surface area contributed by atoms with E-state index in [1.807, 2.05) is 48.5 Å². The summed E-state index contributed by atoms with van der Waals surface area (Å²) in [4.78, 5) is 40.5. The molecule has 0 radical (unpaired) electrons. The Morgan fingerprint density at radius 3 is 2.26 bits per heavy atom. The summed E-state index contributed by atoms with van der Waals surface area (Å²) < 4.78 is 0. The molecule has 0 aliphatic heterocycles. The molecule has 0 fully saturated rings. The topological polar surface area (TPSA) is 108 Å². The number of benzene rings is 2. The van der Waals surface area contributed by atoms with Crippen LogP contribution in [0.2, 0.25) is 0 Å². The molecule has 158 valence electrons. The minimum atomic E-state index is -1.03. The molecule has 0 bridgehead atoms. The van der Waals surface area contributed by atoms with E-state index in [9.17, 15) is 14.4 Å². The van der Waals surface area contributed by atoms with Crippen LogP contribution < -0.4 is 10.6 Å². The molecule has 0 unspecified atom stereocenters. The monoisotopic (exact) mass is 417 g/mol. The fourth-order valence-electron chi connectivity index (χ4n) is 3.01. The third-order valence-electron chi connectivity index (χ3n) is 4.69. The molecule has 1 atom stereocenters. The number of rotatable bonds is 9. The Bertz CT molecular complexity index is 1020. The maximum atomic E-state index is 12.7. The van der Waals surface area contributed by atoms with Gasteiger partial charge in [0.2, 0.25) is 5.91 Å². The van der Waals surface area contributed by atoms with Crippen molar-refractivity contribution in [3.63, 3.8) is 0 Å². The Morgan fingerprint density at radius 1 is 0.903 bits per heavy atom. The number of hydrogen-bond acceptors (Lipinski definition) is 4. The van der Waals surface area contributed by atoms with Crippen LogP contribution >= 0.6 is 0 Å². The zero-order chi connectivity index (χ0) is 22.1. The lowest BCUT2D eigenvalue weighted by molar-refractivity contribution is -0.137. The standard InChI is InChI=1S/C24H23N3O4/c28-22(29)14-13-21(24(31)26-16-17-6-2-1-3-7-17)27-23(30)19-11-9-18(10-12-19)20-8-4-5-15-25-20/h1-12,15,21H,13-14,16H2,(H,26,31)(H,27,30)(H,28,29)/t21-/m0/s1. The van der Waals surface area contributed by atoms with Gasteiger partial charge in [-0.3, -0.25) is 19.4 Å². The lowest BCUT2D eigenvalue weighted by Crippen LogP contribution is -2.46. The van der Waals surface area contributed by atoms with Gasteiger partial charge in [-0.15, -0.1) is 0 Å². The summed E-state index contributed by atoms with van der Waals surface area (Å²) in [5.74, 6) is -1.91. The largest absolute Gasteiger partial charge is 0.481 e. The van der Waals surface area contributed by atoms with Crippen molar-refractivity contribution in [3.05, 3.63) is 90.1 Å². The van der Waals surface area contributed by atoms with E-state index in [2.05, 4.69) is 15.6 Å². The van der Waals surface area contributed by atoms with Crippen LogP contribution in [0, 0.1) is 0 Å². The summed E-state index contributed by atoms with van der Waals surface area (Å²) in [6.45, 7) is 0.290. The molecular weight excluding hydrogens is 394 g/mol. The van der Waals surface area contributed by atoms with Gasteiger partial charge in [-0.25, -0.2) is 0 Å². The summed E-state index contributed by atoms with van der Waals surface area (Å²) in [7, 11) is 0. The minimum absolute atomic E-state index is 0.00623. The Kier molecular flexibility index (Phi) is 7.48. The molecule has 31 heavy (non-hydrogen) atoms. The van der Waals surface area contributed by atoms with E-state index in [1.54, 1.807) is 30.5 Å². The number of pyridine rings is 1. The number of carbonyl (C=O) groups excluding carboxylic acids is 2. The zero-order valence-electron chi connectivity index (χ0n) is 16.8. The second-order valence-corrected chi connectivity index (χ2v) is 6.95. The third-order valence-corrected chi connectivity index (χ3v) is 4.69. The highest BCUT2D eigenvalue weighted by molar-refractivity contribution is 5.98. The molecule has 1 heterocycles. The van der Waals surface area contributed by atoms with E-state index in [0.29, 0.717) is 5.56 Å². The Labute approximate surface area is 180 Å². The van der Waals surface area contributed by atoms with Crippen LogP contribution in [0.5, 0.6) is 0 Å². The van der Waals surface area contributed by atoms with Gasteiger partial charge in [-0.05, 0) is 36.2 Å². The van der Waals surface area contributed by atoms with Gasteiger partial charge in [0.1, 0.15) is 6.04 Å². The molecule has 0 aliphatic carbocycles. The molecule has 3 rings (SSSR count). The number of carbonyl (C=O) groups is 3. The van der Waals surface area contributed by atoms with Crippen LogP contribution in [0.1, 0.15) is 28.8 Å². The van der Waals surface area contributed by atoms with E-state index >= 15 is 0 Å². The fraction of sp³-hybridized carbons (Fsp3) is 0.167. The van der Waals surface area contributed by atoms with E-state index in [-0.39, 0.29) is 19.4 Å². The minimum Gasteiger partial charge on any atom is -0.481 e. The van der Waals surface area contributed by atoms with Crippen molar-refractivity contribution in [2.45, 2.75) is 25.4 Å². The van der Waals surface area contributed by atoms with Gasteiger partial charge in [0.15, 0.2) is 0 Å². The molecule has 0 spiro atoms. The number of aliphatic carboxylic acids is 1. The van der Waals surface area contributed by atoms with Crippen molar-refractivity contribution in [3.8, 4) is 11.3 Å². The predicted molar refractivity (Wildman–Crippen MR) is 116 cm³/mol. The smallest absolute Gasteiger partial charge is 0.303 e. The lowest BCUT2D eigenvalue weighted by atomic mass is 10.1. The molecule has 2 amide bonds. The first-order valence-electron chi connectivity index (χ1n) is 9.88. The first-order valence-corrected chi connectivity index (χ1v) is 9.88. The van der Waals surface area contributed by atoms with E-state index in [4.69, 9.17) is 5.11 Å². The van der Waals surface area contributed by atoms with E-state index in [1.165, 1.54) is 0 Å². The highest BCUT2D eigenvalue weighted by atomic mass is 16.4. The van der Waals surface area contributed by atoms with Crippen LogP contribution in [-0.4, -0.2) is 33.9 Å². The molecule has 0 aliphatic rings. The van der Waals surface area contributed by atoms with E-state index in [0.717, 1.165) is 16.8 Å². The zero-order valence-corrected chi connectivity index (χ0v) is 16.8. The normalized spacial score (nSPS) is 11.4. The molecule has 7 heteroatoms. The van der Waals surface area contributed by atoms with Gasteiger partial charge in [0.05, 0.1) is 5.69 Å². The molecule has 1 aromatic heterocycles. The number of amides is 2. The second kappa shape index (κ2) is 10.7. The van der Waals surface area contributed by atoms with Gasteiger partial charge < -0.3 is 15.7 Å². The van der Waals surface area contributed by atoms with Gasteiger partial charge in [0.25, 0.3) is 5.91 Å². The Hall–Kier alpha value is -4.00. The Morgan fingerprint density at radius 2 is 1.61 bits per heavy atom. The number of carboxylic acid groups (broad SMARTS) is 1. The molecule has 3 aromatic rings. The number of nitrogens with one attached hydrogen (secondary N) is 2. The average molecular weight is 417 g/mol. The van der Waals surface area contributed by atoms with Crippen LogP contribution in [0.4, 0.5) is 0 Å². The van der Waals surface area contributed by atoms with Crippen LogP contribution in [-0.2, 0) is 16.1 Å². The third kappa shape index (κ3) is 6.50. The summed E-state index contributed by atoms with van der Waals surface area (Å²) >= 11 is 0. The predicted octanol–water partition coefficient (Wildman–Crippen LogP) is 3.03. The van der Waals surface area contributed by atoms with Crippen molar-refractivity contribution in [1.82, 2.24) is 15.6 Å². The number of carboxylic acids is 1. The second-order valence-electron chi connectivity index (χ2n) is 6.95. The van der Waals surface area contributed by atoms with Crippen molar-refractivity contribution in [2.24, 2.45) is 0 Å². The molecule has 2 aromatic carbocycles. The lowest BCUT2D eigenvalue weighted by Gasteiger charge is -2.18. The van der Waals surface area contributed by atoms with Gasteiger partial charge in [0, 0.05) is 30.3 Å². The quantitative estimate of drug-likeness (QED) is 0.496. The average Bonchev–Trinajstić information content (AvgIpc) is 2.81. The van der Waals surface area contributed by atoms with Crippen molar-refractivity contribution < 1.29 is 19.5 Å². The fourth-order valence-corrected chi connectivity index (χ4v) is 3.01. The first-order chi connectivity index (χ1) is 15.0.